The zero-order chi connectivity index (χ0) is 21.2. The predicted molar refractivity (Wildman–Crippen MR) is 125 cm³/mol. The minimum Gasteiger partial charge on any atom is -0.488 e. The molecule has 1 N–H and O–H groups in total. The van der Waals surface area contributed by atoms with Gasteiger partial charge in [-0.3, -0.25) is 0 Å². The van der Waals surface area contributed by atoms with E-state index in [1.807, 2.05) is 24.3 Å². The maximum absolute atomic E-state index is 14.1. The molecular weight excluding hydrogens is 397 g/mol. The maximum atomic E-state index is 14.1. The summed E-state index contributed by atoms with van der Waals surface area (Å²) in [6.07, 6.45) is 7.68. The minimum atomic E-state index is -0.342. The highest BCUT2D eigenvalue weighted by Gasteiger charge is 2.12. The van der Waals surface area contributed by atoms with Crippen LogP contribution in [0.3, 0.4) is 0 Å². The molecule has 160 valence electrons. The quantitative estimate of drug-likeness (QED) is 0.299. The van der Waals surface area contributed by atoms with Crippen LogP contribution in [0.4, 0.5) is 4.39 Å². The molecule has 2 nitrogen and oxygen atoms in total. The van der Waals surface area contributed by atoms with Crippen LogP contribution in [-0.2, 0) is 13.2 Å². The molecule has 0 aromatic heterocycles. The zero-order valence-corrected chi connectivity index (χ0v) is 18.5. The molecule has 0 aliphatic rings. The van der Waals surface area contributed by atoms with Crippen molar-refractivity contribution in [1.82, 2.24) is 5.32 Å². The summed E-state index contributed by atoms with van der Waals surface area (Å²) in [4.78, 5) is 0. The first-order chi connectivity index (χ1) is 14.7. The van der Waals surface area contributed by atoms with Crippen molar-refractivity contribution in [2.75, 3.05) is 6.54 Å². The van der Waals surface area contributed by atoms with Gasteiger partial charge < -0.3 is 10.1 Å². The summed E-state index contributed by atoms with van der Waals surface area (Å²) in [6.45, 7) is 4.05. The second kappa shape index (κ2) is 11.9. The van der Waals surface area contributed by atoms with Gasteiger partial charge in [0, 0.05) is 17.7 Å². The average Bonchev–Trinajstić information content (AvgIpc) is 2.76. The highest BCUT2D eigenvalue weighted by atomic mass is 35.5. The zero-order valence-electron chi connectivity index (χ0n) is 17.7. The molecule has 0 saturated heterocycles. The lowest BCUT2D eigenvalue weighted by Gasteiger charge is -2.16. The van der Waals surface area contributed by atoms with E-state index in [9.17, 15) is 4.39 Å². The number of fused-ring (bicyclic) bond motifs is 1. The molecule has 3 aromatic carbocycles. The van der Waals surface area contributed by atoms with Crippen LogP contribution < -0.4 is 10.1 Å². The van der Waals surface area contributed by atoms with Crippen molar-refractivity contribution in [3.63, 3.8) is 0 Å². The number of unbranched alkanes of at least 4 members (excludes halogenated alkanes) is 5. The molecule has 0 aliphatic carbocycles. The second-order valence-corrected chi connectivity index (χ2v) is 8.10. The summed E-state index contributed by atoms with van der Waals surface area (Å²) in [7, 11) is 0. The van der Waals surface area contributed by atoms with Crippen LogP contribution in [0.1, 0.15) is 56.6 Å². The Morgan fingerprint density at radius 3 is 2.50 bits per heavy atom. The van der Waals surface area contributed by atoms with E-state index in [1.54, 1.807) is 12.1 Å². The van der Waals surface area contributed by atoms with Gasteiger partial charge in [-0.05, 0) is 41.9 Å². The summed E-state index contributed by atoms with van der Waals surface area (Å²) in [5.41, 5.74) is 1.49. The van der Waals surface area contributed by atoms with Gasteiger partial charge in [-0.25, -0.2) is 4.39 Å². The molecule has 0 radical (unpaired) electrons. The van der Waals surface area contributed by atoms with Gasteiger partial charge in [-0.1, -0.05) is 87.0 Å². The Hall–Kier alpha value is -2.10. The number of nitrogens with one attached hydrogen (secondary N) is 1. The van der Waals surface area contributed by atoms with Gasteiger partial charge >= 0.3 is 0 Å². The van der Waals surface area contributed by atoms with Crippen LogP contribution in [0.5, 0.6) is 5.75 Å². The van der Waals surface area contributed by atoms with Gasteiger partial charge in [-0.2, -0.15) is 0 Å². The Labute approximate surface area is 184 Å². The fourth-order valence-electron chi connectivity index (χ4n) is 3.70. The van der Waals surface area contributed by atoms with Gasteiger partial charge in [0.05, 0.1) is 5.02 Å². The Bertz CT molecular complexity index is 923. The van der Waals surface area contributed by atoms with E-state index in [0.717, 1.165) is 29.8 Å². The summed E-state index contributed by atoms with van der Waals surface area (Å²) in [5.74, 6) is 0.425. The number of hydrogen-bond acceptors (Lipinski definition) is 2. The smallest absolute Gasteiger partial charge is 0.131 e. The fraction of sp³-hybridized carbons (Fsp3) is 0.385. The molecule has 4 heteroatoms. The van der Waals surface area contributed by atoms with Crippen LogP contribution in [0.25, 0.3) is 10.8 Å². The van der Waals surface area contributed by atoms with Gasteiger partial charge in [0.1, 0.15) is 18.2 Å². The third kappa shape index (κ3) is 6.20. The largest absolute Gasteiger partial charge is 0.488 e. The second-order valence-electron chi connectivity index (χ2n) is 7.70. The Morgan fingerprint density at radius 1 is 0.867 bits per heavy atom. The van der Waals surface area contributed by atoms with Crippen molar-refractivity contribution in [2.24, 2.45) is 0 Å². The molecule has 0 saturated carbocycles. The number of hydrogen-bond donors (Lipinski definition) is 1. The van der Waals surface area contributed by atoms with Crippen LogP contribution >= 0.6 is 11.6 Å². The van der Waals surface area contributed by atoms with Crippen molar-refractivity contribution in [3.05, 3.63) is 76.6 Å². The number of halogens is 2. The number of ether oxygens (including phenoxy) is 1. The maximum Gasteiger partial charge on any atom is 0.131 e. The third-order valence-electron chi connectivity index (χ3n) is 5.44. The van der Waals surface area contributed by atoms with Gasteiger partial charge in [0.2, 0.25) is 0 Å². The van der Waals surface area contributed by atoms with Crippen molar-refractivity contribution < 1.29 is 9.13 Å². The summed E-state index contributed by atoms with van der Waals surface area (Å²) < 4.78 is 20.2. The summed E-state index contributed by atoms with van der Waals surface area (Å²) in [6, 6.07) is 17.0. The third-order valence-corrected chi connectivity index (χ3v) is 5.79. The molecule has 0 fully saturated rings. The monoisotopic (exact) mass is 427 g/mol. The first kappa shape index (κ1) is 22.6. The van der Waals surface area contributed by atoms with E-state index in [-0.39, 0.29) is 12.4 Å². The summed E-state index contributed by atoms with van der Waals surface area (Å²) in [5, 5.41) is 6.28. The summed E-state index contributed by atoms with van der Waals surface area (Å²) >= 11 is 6.16. The van der Waals surface area contributed by atoms with Gasteiger partial charge in [0.15, 0.2) is 0 Å². The Kier molecular flexibility index (Phi) is 8.98. The van der Waals surface area contributed by atoms with E-state index in [1.165, 1.54) is 50.0 Å². The van der Waals surface area contributed by atoms with Crippen LogP contribution in [0, 0.1) is 5.82 Å². The van der Waals surface area contributed by atoms with Gasteiger partial charge in [-0.15, -0.1) is 0 Å². The number of rotatable bonds is 12. The normalized spacial score (nSPS) is 11.2. The minimum absolute atomic E-state index is 0.105. The fourth-order valence-corrected chi connectivity index (χ4v) is 3.91. The van der Waals surface area contributed by atoms with Crippen molar-refractivity contribution >= 4 is 22.4 Å². The molecule has 0 heterocycles. The molecule has 0 aliphatic heterocycles. The Balaban J connectivity index is 1.67. The average molecular weight is 428 g/mol. The van der Waals surface area contributed by atoms with Crippen molar-refractivity contribution in [2.45, 2.75) is 58.6 Å². The van der Waals surface area contributed by atoms with Crippen molar-refractivity contribution in [1.29, 1.82) is 0 Å². The topological polar surface area (TPSA) is 21.3 Å². The molecule has 3 rings (SSSR count). The van der Waals surface area contributed by atoms with E-state index in [4.69, 9.17) is 16.3 Å². The van der Waals surface area contributed by atoms with Crippen molar-refractivity contribution in [3.8, 4) is 5.75 Å². The predicted octanol–water partition coefficient (Wildman–Crippen LogP) is 7.66. The van der Waals surface area contributed by atoms with E-state index in [2.05, 4.69) is 24.4 Å². The van der Waals surface area contributed by atoms with Crippen LogP contribution in [-0.4, -0.2) is 6.54 Å². The van der Waals surface area contributed by atoms with E-state index in [0.29, 0.717) is 10.6 Å². The standard InChI is InChI=1S/C26H31ClFNO/c1-2-3-4-5-6-9-17-29-18-22-21-12-8-7-11-20(21)15-16-26(22)30-19-23-24(27)13-10-14-25(23)28/h7-8,10-16,29H,2-6,9,17-19H2,1H3. The molecule has 0 atom stereocenters. The first-order valence-electron chi connectivity index (χ1n) is 11.0. The molecule has 0 spiro atoms. The lowest BCUT2D eigenvalue weighted by molar-refractivity contribution is 0.296. The van der Waals surface area contributed by atoms with Crippen LogP contribution in [0.2, 0.25) is 5.02 Å². The Morgan fingerprint density at radius 2 is 1.67 bits per heavy atom. The molecule has 0 unspecified atom stereocenters. The highest BCUT2D eigenvalue weighted by molar-refractivity contribution is 6.31. The first-order valence-corrected chi connectivity index (χ1v) is 11.4. The highest BCUT2D eigenvalue weighted by Crippen LogP contribution is 2.30. The molecular formula is C26H31ClFNO. The molecule has 30 heavy (non-hydrogen) atoms. The SMILES string of the molecule is CCCCCCCCNCc1c(OCc2c(F)cccc2Cl)ccc2ccccc12. The molecule has 3 aromatic rings. The van der Waals surface area contributed by atoms with Gasteiger partial charge in [0.25, 0.3) is 0 Å². The molecule has 0 amide bonds. The van der Waals surface area contributed by atoms with Crippen LogP contribution in [0.15, 0.2) is 54.6 Å². The lowest BCUT2D eigenvalue weighted by atomic mass is 10.0. The number of benzene rings is 3. The van der Waals surface area contributed by atoms with E-state index < -0.39 is 0 Å². The molecule has 0 bridgehead atoms. The lowest BCUT2D eigenvalue weighted by Crippen LogP contribution is -2.16. The van der Waals surface area contributed by atoms with E-state index >= 15 is 0 Å².